The van der Waals surface area contributed by atoms with Gasteiger partial charge in [0.15, 0.2) is 0 Å². The van der Waals surface area contributed by atoms with Crippen molar-refractivity contribution in [1.82, 2.24) is 0 Å². The molecule has 0 aromatic rings. The third-order valence-corrected chi connectivity index (χ3v) is 13.1. The SMILES string of the molecule is C1CCC2C(C1)CCC1C2C2C3CCCCC3CCC2C1C1(C2CCCC2)CCC1. The van der Waals surface area contributed by atoms with Gasteiger partial charge in [0.1, 0.15) is 0 Å². The van der Waals surface area contributed by atoms with Crippen molar-refractivity contribution in [3.63, 3.8) is 0 Å². The van der Waals surface area contributed by atoms with Crippen LogP contribution < -0.4 is 0 Å². The van der Waals surface area contributed by atoms with Gasteiger partial charge < -0.3 is 0 Å². The lowest BCUT2D eigenvalue weighted by Gasteiger charge is -2.57. The summed E-state index contributed by atoms with van der Waals surface area (Å²) in [4.78, 5) is 0. The van der Waals surface area contributed by atoms with Crippen LogP contribution in [0.3, 0.4) is 0 Å². The standard InChI is InChI=1S/C30H48/c1-5-12-23-20(8-1)14-16-25-27(23)28-24-13-6-2-9-21(24)15-17-26(28)29(25)30(18-7-19-30)22-10-3-4-11-22/h20-29H,1-19H2. The van der Waals surface area contributed by atoms with E-state index in [1.54, 1.807) is 122 Å². The van der Waals surface area contributed by atoms with E-state index in [1.807, 2.05) is 0 Å². The summed E-state index contributed by atoms with van der Waals surface area (Å²) < 4.78 is 0. The molecule has 7 rings (SSSR count). The molecule has 7 saturated carbocycles. The first-order valence-electron chi connectivity index (χ1n) is 14.9. The molecule has 7 aliphatic rings. The fourth-order valence-electron chi connectivity index (χ4n) is 12.3. The minimum absolute atomic E-state index is 0.835. The highest BCUT2D eigenvalue weighted by molar-refractivity contribution is 5.14. The van der Waals surface area contributed by atoms with Gasteiger partial charge in [0.05, 0.1) is 0 Å². The average molecular weight is 409 g/mol. The maximum Gasteiger partial charge on any atom is -0.0235 e. The van der Waals surface area contributed by atoms with Crippen molar-refractivity contribution in [2.24, 2.45) is 64.6 Å². The highest BCUT2D eigenvalue weighted by Gasteiger charge is 2.66. The zero-order chi connectivity index (χ0) is 19.7. The van der Waals surface area contributed by atoms with Gasteiger partial charge >= 0.3 is 0 Å². The van der Waals surface area contributed by atoms with Crippen molar-refractivity contribution < 1.29 is 0 Å². The van der Waals surface area contributed by atoms with Crippen LogP contribution in [-0.2, 0) is 0 Å². The Hall–Kier alpha value is 0. The summed E-state index contributed by atoms with van der Waals surface area (Å²) in [5.74, 6) is 11.6. The van der Waals surface area contributed by atoms with Crippen molar-refractivity contribution >= 4 is 0 Å². The maximum atomic E-state index is 1.66. The third-order valence-electron chi connectivity index (χ3n) is 13.1. The summed E-state index contributed by atoms with van der Waals surface area (Å²) in [6.07, 6.45) is 30.6. The largest absolute Gasteiger partial charge is 0.0530 e. The Balaban J connectivity index is 1.29. The fourth-order valence-corrected chi connectivity index (χ4v) is 12.3. The molecule has 0 amide bonds. The van der Waals surface area contributed by atoms with Crippen LogP contribution in [0.5, 0.6) is 0 Å². The quantitative estimate of drug-likeness (QED) is 0.429. The number of hydrogen-bond acceptors (Lipinski definition) is 0. The van der Waals surface area contributed by atoms with Crippen LogP contribution in [-0.4, -0.2) is 0 Å². The molecule has 0 aromatic carbocycles. The minimum Gasteiger partial charge on any atom is -0.0530 e. The molecule has 0 heteroatoms. The Labute approximate surface area is 186 Å². The van der Waals surface area contributed by atoms with Gasteiger partial charge in [0.2, 0.25) is 0 Å². The van der Waals surface area contributed by atoms with Gasteiger partial charge in [0.25, 0.3) is 0 Å². The van der Waals surface area contributed by atoms with E-state index in [4.69, 9.17) is 0 Å². The lowest BCUT2D eigenvalue weighted by molar-refractivity contribution is -0.0760. The van der Waals surface area contributed by atoms with Gasteiger partial charge in [-0.05, 0) is 129 Å². The molecule has 7 fully saturated rings. The van der Waals surface area contributed by atoms with Gasteiger partial charge in [0, 0.05) is 0 Å². The van der Waals surface area contributed by atoms with Gasteiger partial charge in [-0.1, -0.05) is 57.8 Å². The van der Waals surface area contributed by atoms with Crippen LogP contribution in [0.25, 0.3) is 0 Å². The van der Waals surface area contributed by atoms with Crippen LogP contribution >= 0.6 is 0 Å². The van der Waals surface area contributed by atoms with Crippen molar-refractivity contribution in [2.75, 3.05) is 0 Å². The Bertz CT molecular complexity index is 586. The normalized spacial score (nSPS) is 52.6. The average Bonchev–Trinajstić information content (AvgIpc) is 3.41. The molecule has 7 aliphatic carbocycles. The summed E-state index contributed by atoms with van der Waals surface area (Å²) in [6.45, 7) is 0. The molecular formula is C30H48. The Morgan fingerprint density at radius 2 is 0.900 bits per heavy atom. The number of hydrogen-bond donors (Lipinski definition) is 0. The molecule has 0 saturated heterocycles. The highest BCUT2D eigenvalue weighted by Crippen LogP contribution is 2.73. The van der Waals surface area contributed by atoms with Crippen molar-refractivity contribution in [2.45, 2.75) is 122 Å². The molecule has 8 unspecified atom stereocenters. The molecule has 0 radical (unpaired) electrons. The monoisotopic (exact) mass is 408 g/mol. The van der Waals surface area contributed by atoms with Crippen LogP contribution in [0.15, 0.2) is 0 Å². The molecule has 0 spiro atoms. The smallest absolute Gasteiger partial charge is 0.0235 e. The summed E-state index contributed by atoms with van der Waals surface area (Å²) in [5, 5.41) is 0. The number of rotatable bonds is 2. The van der Waals surface area contributed by atoms with E-state index in [9.17, 15) is 0 Å². The maximum absolute atomic E-state index is 1.66. The van der Waals surface area contributed by atoms with E-state index >= 15 is 0 Å². The van der Waals surface area contributed by atoms with Crippen LogP contribution in [0.1, 0.15) is 122 Å². The van der Waals surface area contributed by atoms with E-state index in [-0.39, 0.29) is 0 Å². The molecule has 0 N–H and O–H groups in total. The molecule has 168 valence electrons. The van der Waals surface area contributed by atoms with Gasteiger partial charge in [-0.3, -0.25) is 0 Å². The zero-order valence-corrected chi connectivity index (χ0v) is 19.7. The first kappa shape index (κ1) is 19.5. The predicted octanol–water partition coefficient (Wildman–Crippen LogP) is 8.64. The summed E-state index contributed by atoms with van der Waals surface area (Å²) in [6, 6.07) is 0. The van der Waals surface area contributed by atoms with E-state index < -0.39 is 0 Å². The number of fused-ring (bicyclic) bond motifs is 7. The summed E-state index contributed by atoms with van der Waals surface area (Å²) in [7, 11) is 0. The first-order chi connectivity index (χ1) is 14.9. The Morgan fingerprint density at radius 3 is 1.40 bits per heavy atom. The topological polar surface area (TPSA) is 0 Å². The molecule has 0 aromatic heterocycles. The van der Waals surface area contributed by atoms with E-state index in [2.05, 4.69) is 0 Å². The fraction of sp³-hybridized carbons (Fsp3) is 1.00. The molecule has 0 heterocycles. The molecule has 0 aliphatic heterocycles. The molecule has 30 heavy (non-hydrogen) atoms. The second-order valence-corrected chi connectivity index (χ2v) is 13.6. The first-order valence-corrected chi connectivity index (χ1v) is 14.9. The molecule has 0 nitrogen and oxygen atoms in total. The highest BCUT2D eigenvalue weighted by atomic mass is 14.7. The van der Waals surface area contributed by atoms with Crippen LogP contribution in [0, 0.1) is 64.6 Å². The van der Waals surface area contributed by atoms with Crippen molar-refractivity contribution in [1.29, 1.82) is 0 Å². The van der Waals surface area contributed by atoms with Crippen molar-refractivity contribution in [3.8, 4) is 0 Å². The predicted molar refractivity (Wildman–Crippen MR) is 125 cm³/mol. The van der Waals surface area contributed by atoms with Gasteiger partial charge in [-0.2, -0.15) is 0 Å². The van der Waals surface area contributed by atoms with Gasteiger partial charge in [-0.25, -0.2) is 0 Å². The summed E-state index contributed by atoms with van der Waals surface area (Å²) >= 11 is 0. The van der Waals surface area contributed by atoms with Gasteiger partial charge in [-0.15, -0.1) is 0 Å². The van der Waals surface area contributed by atoms with E-state index in [1.165, 1.54) is 29.6 Å². The lowest BCUT2D eigenvalue weighted by atomic mass is 9.48. The van der Waals surface area contributed by atoms with Crippen LogP contribution in [0.4, 0.5) is 0 Å². The lowest BCUT2D eigenvalue weighted by Crippen LogP contribution is -2.49. The molecular weight excluding hydrogens is 360 g/mol. The van der Waals surface area contributed by atoms with Crippen LogP contribution in [0.2, 0.25) is 0 Å². The van der Waals surface area contributed by atoms with E-state index in [0.717, 1.165) is 35.0 Å². The minimum atomic E-state index is 0.835. The van der Waals surface area contributed by atoms with Crippen molar-refractivity contribution in [3.05, 3.63) is 0 Å². The summed E-state index contributed by atoms with van der Waals surface area (Å²) in [5.41, 5.74) is 0.835. The molecule has 8 atom stereocenters. The Morgan fingerprint density at radius 1 is 0.400 bits per heavy atom. The zero-order valence-electron chi connectivity index (χ0n) is 19.7. The van der Waals surface area contributed by atoms with E-state index in [0.29, 0.717) is 0 Å². The molecule has 0 bridgehead atoms. The third kappa shape index (κ3) is 2.70. The second kappa shape index (κ2) is 7.52. The Kier molecular flexibility index (Phi) is 4.88. The second-order valence-electron chi connectivity index (χ2n) is 13.6.